The van der Waals surface area contributed by atoms with Gasteiger partial charge in [-0.2, -0.15) is 0 Å². The molecule has 1 amide bonds. The zero-order valence-electron chi connectivity index (χ0n) is 12.2. The third-order valence-corrected chi connectivity index (χ3v) is 3.81. The maximum Gasteiger partial charge on any atom is 0.263 e. The Labute approximate surface area is 120 Å². The van der Waals surface area contributed by atoms with Gasteiger partial charge in [-0.1, -0.05) is 0 Å². The molecular weight excluding hydrogens is 254 g/mol. The summed E-state index contributed by atoms with van der Waals surface area (Å²) in [6.45, 7) is 5.32. The summed E-state index contributed by atoms with van der Waals surface area (Å²) in [4.78, 5) is 18.3. The molecular formula is C15H23N3O2. The lowest BCUT2D eigenvalue weighted by Gasteiger charge is -2.35. The van der Waals surface area contributed by atoms with Gasteiger partial charge in [-0.15, -0.1) is 0 Å². The number of piperidine rings is 1. The molecule has 2 N–H and O–H groups in total. The zero-order chi connectivity index (χ0) is 14.5. The fourth-order valence-corrected chi connectivity index (χ4v) is 2.57. The van der Waals surface area contributed by atoms with Crippen LogP contribution in [-0.2, 0) is 4.79 Å². The van der Waals surface area contributed by atoms with Crippen LogP contribution in [0.5, 0.6) is 5.75 Å². The first-order valence-electron chi connectivity index (χ1n) is 7.19. The second kappa shape index (κ2) is 6.70. The van der Waals surface area contributed by atoms with E-state index in [2.05, 4.69) is 4.98 Å². The van der Waals surface area contributed by atoms with Crippen molar-refractivity contribution < 1.29 is 9.53 Å². The van der Waals surface area contributed by atoms with Gasteiger partial charge in [0, 0.05) is 25.3 Å². The van der Waals surface area contributed by atoms with E-state index >= 15 is 0 Å². The average molecular weight is 277 g/mol. The van der Waals surface area contributed by atoms with Crippen LogP contribution in [0.3, 0.4) is 0 Å². The predicted octanol–water partition coefficient (Wildman–Crippen LogP) is 1.43. The van der Waals surface area contributed by atoms with E-state index in [0.717, 1.165) is 25.9 Å². The fraction of sp³-hybridized carbons (Fsp3) is 0.600. The second-order valence-corrected chi connectivity index (χ2v) is 5.49. The summed E-state index contributed by atoms with van der Waals surface area (Å²) in [7, 11) is 0. The Hall–Kier alpha value is -1.62. The normalized spacial score (nSPS) is 22.1. The van der Waals surface area contributed by atoms with Gasteiger partial charge in [-0.3, -0.25) is 9.78 Å². The molecule has 20 heavy (non-hydrogen) atoms. The van der Waals surface area contributed by atoms with Crippen LogP contribution in [0.1, 0.15) is 26.7 Å². The summed E-state index contributed by atoms with van der Waals surface area (Å²) in [6, 6.07) is 3.72. The predicted molar refractivity (Wildman–Crippen MR) is 77.3 cm³/mol. The topological polar surface area (TPSA) is 68.5 Å². The van der Waals surface area contributed by atoms with Gasteiger partial charge in [0.05, 0.1) is 6.20 Å². The van der Waals surface area contributed by atoms with Crippen molar-refractivity contribution in [3.8, 4) is 5.75 Å². The number of pyridine rings is 1. The molecule has 3 atom stereocenters. The van der Waals surface area contributed by atoms with Gasteiger partial charge in [0.2, 0.25) is 0 Å². The second-order valence-electron chi connectivity index (χ2n) is 5.49. The molecule has 0 radical (unpaired) electrons. The number of ether oxygens (including phenoxy) is 1. The first kappa shape index (κ1) is 14.8. The number of nitrogens with zero attached hydrogens (tertiary/aromatic N) is 2. The Bertz CT molecular complexity index is 436. The molecule has 110 valence electrons. The van der Waals surface area contributed by atoms with Crippen molar-refractivity contribution in [1.29, 1.82) is 0 Å². The lowest BCUT2D eigenvalue weighted by Crippen LogP contribution is -2.48. The van der Waals surface area contributed by atoms with E-state index in [1.165, 1.54) is 0 Å². The standard InChI is InChI=1S/C15H23N3O2/c1-11(16)13-5-4-8-18(10-13)15(19)12(2)20-14-6-3-7-17-9-14/h3,6-7,9,11-13H,4-5,8,10,16H2,1-2H3/t11-,12-,13-/m0/s1. The fourth-order valence-electron chi connectivity index (χ4n) is 2.57. The third-order valence-electron chi connectivity index (χ3n) is 3.81. The molecule has 1 aliphatic heterocycles. The molecule has 5 nitrogen and oxygen atoms in total. The average Bonchev–Trinajstić information content (AvgIpc) is 2.47. The van der Waals surface area contributed by atoms with Crippen molar-refractivity contribution in [2.45, 2.75) is 38.8 Å². The van der Waals surface area contributed by atoms with E-state index in [1.54, 1.807) is 31.5 Å². The van der Waals surface area contributed by atoms with Crippen molar-refractivity contribution >= 4 is 5.91 Å². The number of amides is 1. The van der Waals surface area contributed by atoms with Gasteiger partial charge in [0.25, 0.3) is 5.91 Å². The van der Waals surface area contributed by atoms with Crippen molar-refractivity contribution in [3.05, 3.63) is 24.5 Å². The number of rotatable bonds is 4. The molecule has 1 saturated heterocycles. The van der Waals surface area contributed by atoms with E-state index in [1.807, 2.05) is 11.8 Å². The summed E-state index contributed by atoms with van der Waals surface area (Å²) in [5.74, 6) is 1.03. The Morgan fingerprint density at radius 3 is 3.00 bits per heavy atom. The Morgan fingerprint density at radius 1 is 1.55 bits per heavy atom. The highest BCUT2D eigenvalue weighted by molar-refractivity contribution is 5.81. The minimum Gasteiger partial charge on any atom is -0.479 e. The van der Waals surface area contributed by atoms with Gasteiger partial charge < -0.3 is 15.4 Å². The van der Waals surface area contributed by atoms with Gasteiger partial charge in [-0.05, 0) is 44.7 Å². The molecule has 1 aromatic rings. The number of aromatic nitrogens is 1. The Kier molecular flexibility index (Phi) is 4.95. The van der Waals surface area contributed by atoms with Crippen LogP contribution >= 0.6 is 0 Å². The van der Waals surface area contributed by atoms with Crippen LogP contribution in [-0.4, -0.2) is 41.0 Å². The summed E-state index contributed by atoms with van der Waals surface area (Å²) in [6.07, 6.45) is 4.91. The third kappa shape index (κ3) is 3.70. The molecule has 0 saturated carbocycles. The highest BCUT2D eigenvalue weighted by Gasteiger charge is 2.29. The SMILES string of the molecule is C[C@H](Oc1cccnc1)C(=O)N1CCC[C@H]([C@H](C)N)C1. The van der Waals surface area contributed by atoms with Crippen LogP contribution in [0.2, 0.25) is 0 Å². The largest absolute Gasteiger partial charge is 0.479 e. The van der Waals surface area contributed by atoms with E-state index in [0.29, 0.717) is 11.7 Å². The van der Waals surface area contributed by atoms with Gasteiger partial charge >= 0.3 is 0 Å². The van der Waals surface area contributed by atoms with Crippen molar-refractivity contribution in [2.75, 3.05) is 13.1 Å². The summed E-state index contributed by atoms with van der Waals surface area (Å²) < 4.78 is 5.64. The summed E-state index contributed by atoms with van der Waals surface area (Å²) in [5, 5.41) is 0. The van der Waals surface area contributed by atoms with Crippen LogP contribution in [0.25, 0.3) is 0 Å². The lowest BCUT2D eigenvalue weighted by atomic mass is 9.92. The molecule has 0 aliphatic carbocycles. The van der Waals surface area contributed by atoms with E-state index in [4.69, 9.17) is 10.5 Å². The minimum atomic E-state index is -0.494. The minimum absolute atomic E-state index is 0.0270. The number of nitrogens with two attached hydrogens (primary N) is 1. The molecule has 0 aromatic carbocycles. The molecule has 1 fully saturated rings. The molecule has 0 spiro atoms. The van der Waals surface area contributed by atoms with Crippen LogP contribution in [0.15, 0.2) is 24.5 Å². The smallest absolute Gasteiger partial charge is 0.263 e. The maximum absolute atomic E-state index is 12.4. The molecule has 1 aliphatic rings. The van der Waals surface area contributed by atoms with Gasteiger partial charge in [0.1, 0.15) is 5.75 Å². The number of carbonyl (C=O) groups excluding carboxylic acids is 1. The van der Waals surface area contributed by atoms with Crippen molar-refractivity contribution in [3.63, 3.8) is 0 Å². The van der Waals surface area contributed by atoms with Crippen LogP contribution < -0.4 is 10.5 Å². The van der Waals surface area contributed by atoms with E-state index in [-0.39, 0.29) is 11.9 Å². The number of likely N-dealkylation sites (tertiary alicyclic amines) is 1. The molecule has 0 unspecified atom stereocenters. The van der Waals surface area contributed by atoms with Crippen LogP contribution in [0, 0.1) is 5.92 Å². The van der Waals surface area contributed by atoms with Gasteiger partial charge in [-0.25, -0.2) is 0 Å². The number of hydrogen-bond acceptors (Lipinski definition) is 4. The first-order chi connectivity index (χ1) is 9.58. The highest BCUT2D eigenvalue weighted by atomic mass is 16.5. The Balaban J connectivity index is 1.93. The molecule has 1 aromatic heterocycles. The van der Waals surface area contributed by atoms with E-state index < -0.39 is 6.10 Å². The zero-order valence-corrected chi connectivity index (χ0v) is 12.2. The van der Waals surface area contributed by atoms with Crippen LogP contribution in [0.4, 0.5) is 0 Å². The molecule has 5 heteroatoms. The summed E-state index contributed by atoms with van der Waals surface area (Å²) in [5.41, 5.74) is 5.95. The quantitative estimate of drug-likeness (QED) is 0.904. The maximum atomic E-state index is 12.4. The number of carbonyl (C=O) groups is 1. The van der Waals surface area contributed by atoms with Crippen molar-refractivity contribution in [1.82, 2.24) is 9.88 Å². The monoisotopic (exact) mass is 277 g/mol. The lowest BCUT2D eigenvalue weighted by molar-refractivity contribution is -0.139. The van der Waals surface area contributed by atoms with Crippen molar-refractivity contribution in [2.24, 2.45) is 11.7 Å². The summed E-state index contributed by atoms with van der Waals surface area (Å²) >= 11 is 0. The van der Waals surface area contributed by atoms with Gasteiger partial charge in [0.15, 0.2) is 6.10 Å². The first-order valence-corrected chi connectivity index (χ1v) is 7.19. The molecule has 2 rings (SSSR count). The highest BCUT2D eigenvalue weighted by Crippen LogP contribution is 2.20. The molecule has 2 heterocycles. The van der Waals surface area contributed by atoms with E-state index in [9.17, 15) is 4.79 Å². The molecule has 0 bridgehead atoms. The number of hydrogen-bond donors (Lipinski definition) is 1. The Morgan fingerprint density at radius 2 is 2.35 bits per heavy atom.